The number of anilines is 1. The first-order chi connectivity index (χ1) is 13.5. The Bertz CT molecular complexity index is 1050. The molecule has 2 aromatic carbocycles. The smallest absolute Gasteiger partial charge is 0.338 e. The first kappa shape index (κ1) is 22.1. The predicted molar refractivity (Wildman–Crippen MR) is 108 cm³/mol. The van der Waals surface area contributed by atoms with E-state index in [1.165, 1.54) is 18.2 Å². The van der Waals surface area contributed by atoms with Gasteiger partial charge in [0.15, 0.2) is 16.4 Å². The van der Waals surface area contributed by atoms with Crippen molar-refractivity contribution < 1.29 is 27.5 Å². The summed E-state index contributed by atoms with van der Waals surface area (Å²) in [6.45, 7) is 3.09. The van der Waals surface area contributed by atoms with E-state index in [-0.39, 0.29) is 11.3 Å². The lowest BCUT2D eigenvalue weighted by molar-refractivity contribution is -0.123. The van der Waals surface area contributed by atoms with E-state index in [0.29, 0.717) is 11.3 Å². The van der Waals surface area contributed by atoms with Gasteiger partial charge >= 0.3 is 12.0 Å². The van der Waals surface area contributed by atoms with Gasteiger partial charge in [-0.3, -0.25) is 10.1 Å². The minimum absolute atomic E-state index is 0.110. The Kier molecular flexibility index (Phi) is 7.11. The second kappa shape index (κ2) is 9.33. The fourth-order valence-corrected chi connectivity index (χ4v) is 3.36. The summed E-state index contributed by atoms with van der Waals surface area (Å²) in [6, 6.07) is 10.6. The van der Waals surface area contributed by atoms with E-state index in [1.54, 1.807) is 12.1 Å². The molecule has 0 saturated heterocycles. The molecule has 0 aromatic heterocycles. The van der Waals surface area contributed by atoms with Crippen molar-refractivity contribution in [2.24, 2.45) is 0 Å². The molecule has 0 unspecified atom stereocenters. The highest BCUT2D eigenvalue weighted by Gasteiger charge is 2.14. The number of amides is 3. The average Bonchev–Trinajstić information content (AvgIpc) is 2.61. The fourth-order valence-electron chi connectivity index (χ4n) is 2.58. The molecule has 2 aromatic rings. The molecule has 0 aliphatic rings. The molecule has 0 bridgehead atoms. The minimum atomic E-state index is -3.25. The van der Waals surface area contributed by atoms with Crippen LogP contribution in [0.25, 0.3) is 0 Å². The molecule has 0 saturated carbocycles. The number of urea groups is 1. The summed E-state index contributed by atoms with van der Waals surface area (Å²) >= 11 is 0. The molecule has 0 heterocycles. The minimum Gasteiger partial charge on any atom is -0.452 e. The second-order valence-electron chi connectivity index (χ2n) is 6.67. The molecule has 154 valence electrons. The van der Waals surface area contributed by atoms with E-state index >= 15 is 0 Å². The number of rotatable bonds is 6. The molecule has 0 radical (unpaired) electrons. The highest BCUT2D eigenvalue weighted by molar-refractivity contribution is 7.89. The van der Waals surface area contributed by atoms with Crippen LogP contribution in [0.3, 0.4) is 0 Å². The van der Waals surface area contributed by atoms with Gasteiger partial charge in [-0.2, -0.15) is 0 Å². The van der Waals surface area contributed by atoms with Crippen LogP contribution in [0, 0.1) is 13.8 Å². The number of benzene rings is 2. The Labute approximate surface area is 169 Å². The molecule has 2 rings (SSSR count). The molecule has 2 N–H and O–H groups in total. The quantitative estimate of drug-likeness (QED) is 0.695. The van der Waals surface area contributed by atoms with Crippen LogP contribution >= 0.6 is 0 Å². The van der Waals surface area contributed by atoms with E-state index in [4.69, 9.17) is 4.74 Å². The summed E-state index contributed by atoms with van der Waals surface area (Å²) in [7, 11) is -3.25. The van der Waals surface area contributed by atoms with Crippen molar-refractivity contribution in [2.75, 3.05) is 18.2 Å². The number of carbonyl (C=O) groups is 3. The third-order valence-corrected chi connectivity index (χ3v) is 4.67. The van der Waals surface area contributed by atoms with Crippen molar-refractivity contribution in [3.8, 4) is 0 Å². The number of sulfone groups is 1. The SMILES string of the molecule is Cc1ccc(NC(=O)NC(=O)COC(=O)c2cccc(CS(C)(=O)=O)c2)c(C)c1. The van der Waals surface area contributed by atoms with E-state index < -0.39 is 34.4 Å². The Morgan fingerprint density at radius 3 is 2.41 bits per heavy atom. The Hall–Kier alpha value is -3.20. The van der Waals surface area contributed by atoms with Crippen molar-refractivity contribution in [2.45, 2.75) is 19.6 Å². The molecule has 9 heteroatoms. The lowest BCUT2D eigenvalue weighted by Crippen LogP contribution is -2.37. The molecule has 0 aliphatic heterocycles. The van der Waals surface area contributed by atoms with Crippen molar-refractivity contribution in [3.05, 3.63) is 64.7 Å². The fraction of sp³-hybridized carbons (Fsp3) is 0.250. The standard InChI is InChI=1S/C20H22N2O6S/c1-13-7-8-17(14(2)9-13)21-20(25)22-18(23)11-28-19(24)16-6-4-5-15(10-16)12-29(3,26)27/h4-10H,11-12H2,1-3H3,(H2,21,22,23,25). The molecular formula is C20H22N2O6S. The summed E-state index contributed by atoms with van der Waals surface area (Å²) in [5, 5.41) is 4.62. The maximum absolute atomic E-state index is 12.1. The number of nitrogens with one attached hydrogen (secondary N) is 2. The first-order valence-corrected chi connectivity index (χ1v) is 10.7. The summed E-state index contributed by atoms with van der Waals surface area (Å²) in [5.41, 5.74) is 2.98. The average molecular weight is 418 g/mol. The summed E-state index contributed by atoms with van der Waals surface area (Å²) in [6.07, 6.45) is 1.09. The summed E-state index contributed by atoms with van der Waals surface area (Å²) < 4.78 is 27.6. The van der Waals surface area contributed by atoms with Crippen LogP contribution in [0.2, 0.25) is 0 Å². The van der Waals surface area contributed by atoms with Gasteiger partial charge in [0, 0.05) is 11.9 Å². The lowest BCUT2D eigenvalue weighted by Gasteiger charge is -2.10. The Balaban J connectivity index is 1.87. The summed E-state index contributed by atoms with van der Waals surface area (Å²) in [4.78, 5) is 35.8. The molecule has 0 spiro atoms. The molecule has 0 aliphatic carbocycles. The van der Waals surface area contributed by atoms with Crippen molar-refractivity contribution in [1.82, 2.24) is 5.32 Å². The number of ether oxygens (including phenoxy) is 1. The Morgan fingerprint density at radius 1 is 1.03 bits per heavy atom. The van der Waals surface area contributed by atoms with Gasteiger partial charge in [0.1, 0.15) is 0 Å². The van der Waals surface area contributed by atoms with Crippen LogP contribution < -0.4 is 10.6 Å². The lowest BCUT2D eigenvalue weighted by atomic mass is 10.1. The number of carbonyl (C=O) groups excluding carboxylic acids is 3. The van der Waals surface area contributed by atoms with Crippen LogP contribution in [-0.2, 0) is 25.1 Å². The molecule has 29 heavy (non-hydrogen) atoms. The monoisotopic (exact) mass is 418 g/mol. The van der Waals surface area contributed by atoms with Crippen molar-refractivity contribution in [1.29, 1.82) is 0 Å². The van der Waals surface area contributed by atoms with E-state index in [2.05, 4.69) is 10.6 Å². The predicted octanol–water partition coefficient (Wildman–Crippen LogP) is 2.35. The van der Waals surface area contributed by atoms with Gasteiger partial charge in [0.05, 0.1) is 11.3 Å². The molecule has 3 amide bonds. The van der Waals surface area contributed by atoms with Crippen LogP contribution in [0.5, 0.6) is 0 Å². The first-order valence-electron chi connectivity index (χ1n) is 8.65. The number of aryl methyl sites for hydroxylation is 2. The number of esters is 1. The van der Waals surface area contributed by atoms with E-state index in [1.807, 2.05) is 26.0 Å². The largest absolute Gasteiger partial charge is 0.452 e. The van der Waals surface area contributed by atoms with Gasteiger partial charge in [-0.25, -0.2) is 18.0 Å². The van der Waals surface area contributed by atoms with Crippen LogP contribution in [0.15, 0.2) is 42.5 Å². The molecule has 8 nitrogen and oxygen atoms in total. The van der Waals surface area contributed by atoms with Crippen LogP contribution in [0.1, 0.15) is 27.0 Å². The highest BCUT2D eigenvalue weighted by atomic mass is 32.2. The second-order valence-corrected chi connectivity index (χ2v) is 8.81. The third-order valence-electron chi connectivity index (χ3n) is 3.81. The number of imide groups is 1. The number of hydrogen-bond acceptors (Lipinski definition) is 6. The zero-order valence-electron chi connectivity index (χ0n) is 16.3. The van der Waals surface area contributed by atoms with Gasteiger partial charge in [-0.05, 0) is 43.2 Å². The van der Waals surface area contributed by atoms with Crippen molar-refractivity contribution in [3.63, 3.8) is 0 Å². The molecular weight excluding hydrogens is 396 g/mol. The van der Waals surface area contributed by atoms with Gasteiger partial charge in [-0.15, -0.1) is 0 Å². The molecule has 0 fully saturated rings. The maximum atomic E-state index is 12.1. The Morgan fingerprint density at radius 2 is 1.76 bits per heavy atom. The third kappa shape index (κ3) is 7.38. The van der Waals surface area contributed by atoms with Gasteiger partial charge in [0.2, 0.25) is 0 Å². The van der Waals surface area contributed by atoms with Crippen molar-refractivity contribution >= 4 is 33.4 Å². The van der Waals surface area contributed by atoms with E-state index in [9.17, 15) is 22.8 Å². The molecule has 0 atom stereocenters. The highest BCUT2D eigenvalue weighted by Crippen LogP contribution is 2.15. The zero-order chi connectivity index (χ0) is 21.6. The maximum Gasteiger partial charge on any atom is 0.338 e. The normalized spacial score (nSPS) is 10.9. The van der Waals surface area contributed by atoms with E-state index in [0.717, 1.165) is 17.4 Å². The van der Waals surface area contributed by atoms with Gasteiger partial charge < -0.3 is 10.1 Å². The zero-order valence-corrected chi connectivity index (χ0v) is 17.1. The topological polar surface area (TPSA) is 119 Å². The van der Waals surface area contributed by atoms with Crippen LogP contribution in [0.4, 0.5) is 10.5 Å². The van der Waals surface area contributed by atoms with Crippen LogP contribution in [-0.4, -0.2) is 39.2 Å². The number of hydrogen-bond donors (Lipinski definition) is 2. The summed E-state index contributed by atoms with van der Waals surface area (Å²) in [5.74, 6) is -1.81. The van der Waals surface area contributed by atoms with Gasteiger partial charge in [0.25, 0.3) is 5.91 Å². The van der Waals surface area contributed by atoms with Gasteiger partial charge in [-0.1, -0.05) is 29.8 Å².